The minimum Gasteiger partial charge on any atom is -0.391 e. The standard InChI is InChI=1S/C15H15F2N3O/c1-9-4-5-18-15(19-9)20-8-11(21)7-14(20)10-2-3-12(16)13(17)6-10/h2-6,11,14,21H,7-8H2,1H3/t11-,14+/m1/s1. The summed E-state index contributed by atoms with van der Waals surface area (Å²) in [5, 5.41) is 9.92. The number of aliphatic hydroxyl groups excluding tert-OH is 1. The van der Waals surface area contributed by atoms with E-state index in [1.54, 1.807) is 12.3 Å². The largest absolute Gasteiger partial charge is 0.391 e. The Kier molecular flexibility index (Phi) is 3.55. The lowest BCUT2D eigenvalue weighted by atomic mass is 10.0. The van der Waals surface area contributed by atoms with Crippen molar-refractivity contribution in [1.82, 2.24) is 9.97 Å². The topological polar surface area (TPSA) is 49.2 Å². The van der Waals surface area contributed by atoms with E-state index >= 15 is 0 Å². The third-order valence-electron chi connectivity index (χ3n) is 3.65. The Hall–Kier alpha value is -2.08. The molecule has 0 aliphatic carbocycles. The van der Waals surface area contributed by atoms with Crippen molar-refractivity contribution in [1.29, 1.82) is 0 Å². The Balaban J connectivity index is 1.97. The number of aryl methyl sites for hydroxylation is 1. The van der Waals surface area contributed by atoms with Gasteiger partial charge in [0.2, 0.25) is 5.95 Å². The van der Waals surface area contributed by atoms with Crippen molar-refractivity contribution >= 4 is 5.95 Å². The number of halogens is 2. The molecule has 0 radical (unpaired) electrons. The molecule has 3 rings (SSSR count). The molecule has 6 heteroatoms. The summed E-state index contributed by atoms with van der Waals surface area (Å²) in [6, 6.07) is 5.31. The third-order valence-corrected chi connectivity index (χ3v) is 3.65. The van der Waals surface area contributed by atoms with E-state index < -0.39 is 17.7 Å². The van der Waals surface area contributed by atoms with Gasteiger partial charge in [0.25, 0.3) is 0 Å². The molecule has 1 N–H and O–H groups in total. The van der Waals surface area contributed by atoms with Crippen molar-refractivity contribution in [2.24, 2.45) is 0 Å². The summed E-state index contributed by atoms with van der Waals surface area (Å²) in [6.45, 7) is 2.22. The van der Waals surface area contributed by atoms with Gasteiger partial charge in [0.1, 0.15) is 0 Å². The Morgan fingerprint density at radius 2 is 2.05 bits per heavy atom. The zero-order chi connectivity index (χ0) is 15.0. The highest BCUT2D eigenvalue weighted by Gasteiger charge is 2.34. The maximum absolute atomic E-state index is 13.4. The average molecular weight is 291 g/mol. The van der Waals surface area contributed by atoms with E-state index in [2.05, 4.69) is 9.97 Å². The van der Waals surface area contributed by atoms with Crippen LogP contribution in [-0.2, 0) is 0 Å². The molecule has 0 saturated carbocycles. The van der Waals surface area contributed by atoms with E-state index in [1.165, 1.54) is 12.1 Å². The molecular formula is C15H15F2N3O. The first-order valence-electron chi connectivity index (χ1n) is 6.74. The molecule has 1 aliphatic rings. The number of aliphatic hydroxyl groups is 1. The first-order chi connectivity index (χ1) is 10.0. The van der Waals surface area contributed by atoms with E-state index in [0.717, 1.165) is 11.8 Å². The lowest BCUT2D eigenvalue weighted by Crippen LogP contribution is -2.26. The highest BCUT2D eigenvalue weighted by molar-refractivity contribution is 5.39. The summed E-state index contributed by atoms with van der Waals surface area (Å²) in [5.41, 5.74) is 1.42. The smallest absolute Gasteiger partial charge is 0.226 e. The van der Waals surface area contributed by atoms with E-state index in [9.17, 15) is 13.9 Å². The second-order valence-electron chi connectivity index (χ2n) is 5.23. The van der Waals surface area contributed by atoms with Crippen molar-refractivity contribution in [2.75, 3.05) is 11.4 Å². The van der Waals surface area contributed by atoms with Crippen LogP contribution in [0.2, 0.25) is 0 Å². The molecule has 0 spiro atoms. The van der Waals surface area contributed by atoms with E-state index in [0.29, 0.717) is 24.5 Å². The van der Waals surface area contributed by atoms with Crippen LogP contribution in [0.3, 0.4) is 0 Å². The van der Waals surface area contributed by atoms with E-state index in [-0.39, 0.29) is 6.04 Å². The van der Waals surface area contributed by atoms with E-state index in [1.807, 2.05) is 11.8 Å². The fourth-order valence-electron chi connectivity index (χ4n) is 2.64. The molecule has 1 saturated heterocycles. The number of β-amino-alcohol motifs (C(OH)–C–C–N with tert-alkyl or cyclic N) is 1. The summed E-state index contributed by atoms with van der Waals surface area (Å²) in [5.74, 6) is -1.28. The van der Waals surface area contributed by atoms with Gasteiger partial charge in [-0.3, -0.25) is 0 Å². The van der Waals surface area contributed by atoms with Crippen LogP contribution in [-0.4, -0.2) is 27.7 Å². The van der Waals surface area contributed by atoms with Crippen molar-refractivity contribution in [3.05, 3.63) is 53.4 Å². The Morgan fingerprint density at radius 1 is 1.24 bits per heavy atom. The second kappa shape index (κ2) is 5.37. The molecule has 1 fully saturated rings. The van der Waals surface area contributed by atoms with Gasteiger partial charge in [0.05, 0.1) is 12.1 Å². The normalized spacial score (nSPS) is 21.8. The van der Waals surface area contributed by atoms with Gasteiger partial charge >= 0.3 is 0 Å². The zero-order valence-electron chi connectivity index (χ0n) is 11.5. The van der Waals surface area contributed by atoms with Gasteiger partial charge in [-0.2, -0.15) is 0 Å². The molecule has 0 bridgehead atoms. The summed E-state index contributed by atoms with van der Waals surface area (Å²) < 4.78 is 26.5. The van der Waals surface area contributed by atoms with Crippen LogP contribution in [0.15, 0.2) is 30.5 Å². The Morgan fingerprint density at radius 3 is 2.76 bits per heavy atom. The molecule has 2 heterocycles. The van der Waals surface area contributed by atoms with Gasteiger partial charge in [-0.1, -0.05) is 6.07 Å². The highest BCUT2D eigenvalue weighted by Crippen LogP contribution is 2.35. The molecule has 0 amide bonds. The van der Waals surface area contributed by atoms with Crippen molar-refractivity contribution in [3.8, 4) is 0 Å². The number of nitrogens with zero attached hydrogens (tertiary/aromatic N) is 3. The van der Waals surface area contributed by atoms with Crippen molar-refractivity contribution < 1.29 is 13.9 Å². The van der Waals surface area contributed by atoms with Crippen LogP contribution >= 0.6 is 0 Å². The number of anilines is 1. The molecule has 0 unspecified atom stereocenters. The Bertz CT molecular complexity index is 665. The summed E-state index contributed by atoms with van der Waals surface area (Å²) in [4.78, 5) is 10.4. The summed E-state index contributed by atoms with van der Waals surface area (Å²) in [6.07, 6.45) is 1.53. The van der Waals surface area contributed by atoms with Gasteiger partial charge in [0.15, 0.2) is 11.6 Å². The van der Waals surface area contributed by atoms with E-state index in [4.69, 9.17) is 0 Å². The zero-order valence-corrected chi connectivity index (χ0v) is 11.5. The van der Waals surface area contributed by atoms with Gasteiger partial charge in [-0.15, -0.1) is 0 Å². The minimum atomic E-state index is -0.890. The first kappa shape index (κ1) is 13.9. The summed E-state index contributed by atoms with van der Waals surface area (Å²) >= 11 is 0. The minimum absolute atomic E-state index is 0.267. The molecule has 1 aromatic heterocycles. The molecule has 2 atom stereocenters. The lowest BCUT2D eigenvalue weighted by molar-refractivity contribution is 0.194. The molecule has 110 valence electrons. The lowest BCUT2D eigenvalue weighted by Gasteiger charge is -2.24. The fraction of sp³-hybridized carbons (Fsp3) is 0.333. The molecule has 21 heavy (non-hydrogen) atoms. The highest BCUT2D eigenvalue weighted by atomic mass is 19.2. The van der Waals surface area contributed by atoms with Crippen LogP contribution in [0.4, 0.5) is 14.7 Å². The van der Waals surface area contributed by atoms with Crippen LogP contribution in [0.5, 0.6) is 0 Å². The molecule has 1 aromatic carbocycles. The summed E-state index contributed by atoms with van der Waals surface area (Å²) in [7, 11) is 0. The maximum Gasteiger partial charge on any atom is 0.226 e. The van der Waals surface area contributed by atoms with Gasteiger partial charge in [-0.05, 0) is 37.1 Å². The van der Waals surface area contributed by atoms with Crippen LogP contribution < -0.4 is 4.90 Å². The predicted molar refractivity (Wildman–Crippen MR) is 73.8 cm³/mol. The van der Waals surface area contributed by atoms with Gasteiger partial charge in [0, 0.05) is 18.4 Å². The maximum atomic E-state index is 13.4. The molecular weight excluding hydrogens is 276 g/mol. The van der Waals surface area contributed by atoms with Crippen LogP contribution in [0.25, 0.3) is 0 Å². The van der Waals surface area contributed by atoms with Gasteiger partial charge in [-0.25, -0.2) is 18.7 Å². The SMILES string of the molecule is Cc1ccnc(N2C[C@H](O)C[C@H]2c2ccc(F)c(F)c2)n1. The van der Waals surface area contributed by atoms with Crippen LogP contribution in [0, 0.1) is 18.6 Å². The molecule has 1 aliphatic heterocycles. The third kappa shape index (κ3) is 2.71. The molecule has 4 nitrogen and oxygen atoms in total. The fourth-order valence-corrected chi connectivity index (χ4v) is 2.64. The van der Waals surface area contributed by atoms with Crippen molar-refractivity contribution in [2.45, 2.75) is 25.5 Å². The first-order valence-corrected chi connectivity index (χ1v) is 6.74. The number of hydrogen-bond donors (Lipinski definition) is 1. The number of aromatic nitrogens is 2. The Labute approximate surface area is 121 Å². The number of benzene rings is 1. The monoisotopic (exact) mass is 291 g/mol. The van der Waals surface area contributed by atoms with Crippen molar-refractivity contribution in [3.63, 3.8) is 0 Å². The number of hydrogen-bond acceptors (Lipinski definition) is 4. The van der Waals surface area contributed by atoms with Crippen LogP contribution in [0.1, 0.15) is 23.7 Å². The predicted octanol–water partition coefficient (Wildman–Crippen LogP) is 2.38. The quantitative estimate of drug-likeness (QED) is 0.923. The van der Waals surface area contributed by atoms with Gasteiger partial charge < -0.3 is 10.0 Å². The second-order valence-corrected chi connectivity index (χ2v) is 5.23. The molecule has 2 aromatic rings. The average Bonchev–Trinajstić information content (AvgIpc) is 2.84. The number of rotatable bonds is 2.